The monoisotopic (exact) mass is 492 g/mol. The van der Waals surface area contributed by atoms with Crippen molar-refractivity contribution in [1.82, 2.24) is 14.8 Å². The molecule has 1 unspecified atom stereocenters. The van der Waals surface area contributed by atoms with Crippen LogP contribution < -0.4 is 5.32 Å². The quantitative estimate of drug-likeness (QED) is 0.391. The zero-order valence-electron chi connectivity index (χ0n) is 19.8. The molecule has 0 saturated carbocycles. The number of nitrogens with zero attached hydrogens (tertiary/aromatic N) is 3. The minimum atomic E-state index is -3.12. The van der Waals surface area contributed by atoms with Crippen LogP contribution in [0.25, 0.3) is 22.5 Å². The van der Waals surface area contributed by atoms with Gasteiger partial charge >= 0.3 is 0 Å². The second-order valence-electron chi connectivity index (χ2n) is 9.07. The molecule has 35 heavy (non-hydrogen) atoms. The number of unbranched alkanes of at least 4 members (excludes halogenated alkanes) is 1. The molecule has 0 radical (unpaired) electrons. The van der Waals surface area contributed by atoms with Gasteiger partial charge in [-0.15, -0.1) is 0 Å². The number of aromatic nitrogens is 3. The molecule has 0 bridgehead atoms. The summed E-state index contributed by atoms with van der Waals surface area (Å²) >= 11 is 0. The Kier molecular flexibility index (Phi) is 6.19. The smallest absolute Gasteiger partial charge is 0.256 e. The largest absolute Gasteiger partial charge is 0.463 e. The molecular formula is C26H28N4O4S. The van der Waals surface area contributed by atoms with Gasteiger partial charge in [0.15, 0.2) is 21.2 Å². The maximum Gasteiger partial charge on any atom is 0.256 e. The van der Waals surface area contributed by atoms with E-state index in [2.05, 4.69) is 17.3 Å². The predicted molar refractivity (Wildman–Crippen MR) is 135 cm³/mol. The fourth-order valence-corrected chi connectivity index (χ4v) is 6.29. The van der Waals surface area contributed by atoms with Crippen LogP contribution in [0.2, 0.25) is 0 Å². The van der Waals surface area contributed by atoms with Gasteiger partial charge in [0.2, 0.25) is 0 Å². The number of rotatable bonds is 7. The Labute approximate surface area is 204 Å². The standard InChI is InChI=1S/C26H28N4O4S/c1-3-4-6-18-8-10-19(11-9-18)27-26(31)21-15-22(23-7-5-13-34-23)28-25-24(21)17(2)29-30(25)20-12-14-35(32,33)16-20/h5,7-11,13,15,20H,3-4,6,12,14,16H2,1-2H3,(H,27,31). The molecule has 182 valence electrons. The number of hydrogen-bond acceptors (Lipinski definition) is 6. The Hall–Kier alpha value is -3.46. The fraction of sp³-hybridized carbons (Fsp3) is 0.346. The molecular weight excluding hydrogens is 464 g/mol. The van der Waals surface area contributed by atoms with E-state index in [0.717, 1.165) is 19.3 Å². The number of aryl methyl sites for hydroxylation is 2. The average molecular weight is 493 g/mol. The van der Waals surface area contributed by atoms with E-state index in [1.807, 2.05) is 31.2 Å². The second kappa shape index (κ2) is 9.30. The number of furan rings is 1. The molecule has 0 spiro atoms. The first kappa shape index (κ1) is 23.3. The van der Waals surface area contributed by atoms with Gasteiger partial charge in [0.05, 0.1) is 40.5 Å². The van der Waals surface area contributed by atoms with Crippen molar-refractivity contribution in [3.8, 4) is 11.5 Å². The highest BCUT2D eigenvalue weighted by molar-refractivity contribution is 7.91. The molecule has 0 aliphatic carbocycles. The number of pyridine rings is 1. The van der Waals surface area contributed by atoms with Crippen molar-refractivity contribution < 1.29 is 17.6 Å². The minimum absolute atomic E-state index is 0.0157. The van der Waals surface area contributed by atoms with Gasteiger partial charge in [-0.3, -0.25) is 4.79 Å². The third kappa shape index (κ3) is 4.73. The highest BCUT2D eigenvalue weighted by Gasteiger charge is 2.32. The Morgan fingerprint density at radius 3 is 2.69 bits per heavy atom. The summed E-state index contributed by atoms with van der Waals surface area (Å²) in [5.41, 5.74) is 3.96. The lowest BCUT2D eigenvalue weighted by atomic mass is 10.1. The van der Waals surface area contributed by atoms with Crippen molar-refractivity contribution in [3.63, 3.8) is 0 Å². The average Bonchev–Trinajstić information content (AvgIpc) is 3.57. The molecule has 4 aromatic rings. The van der Waals surface area contributed by atoms with Crippen molar-refractivity contribution in [1.29, 1.82) is 0 Å². The zero-order chi connectivity index (χ0) is 24.6. The molecule has 4 heterocycles. The second-order valence-corrected chi connectivity index (χ2v) is 11.3. The molecule has 1 aromatic carbocycles. The summed E-state index contributed by atoms with van der Waals surface area (Å²) in [5, 5.41) is 8.24. The highest BCUT2D eigenvalue weighted by atomic mass is 32.2. The van der Waals surface area contributed by atoms with Gasteiger partial charge in [0, 0.05) is 5.69 Å². The maximum atomic E-state index is 13.5. The number of nitrogens with one attached hydrogen (secondary N) is 1. The molecule has 3 aromatic heterocycles. The van der Waals surface area contributed by atoms with E-state index in [0.29, 0.717) is 45.9 Å². The van der Waals surface area contributed by atoms with E-state index in [4.69, 9.17) is 9.40 Å². The first-order valence-electron chi connectivity index (χ1n) is 11.9. The summed E-state index contributed by atoms with van der Waals surface area (Å²) in [4.78, 5) is 18.2. The van der Waals surface area contributed by atoms with Crippen molar-refractivity contribution >= 4 is 32.5 Å². The minimum Gasteiger partial charge on any atom is -0.463 e. The molecule has 1 N–H and O–H groups in total. The molecule has 9 heteroatoms. The summed E-state index contributed by atoms with van der Waals surface area (Å²) in [6.45, 7) is 3.98. The molecule has 1 fully saturated rings. The Balaban J connectivity index is 1.55. The number of anilines is 1. The molecule has 1 amide bonds. The van der Waals surface area contributed by atoms with Crippen LogP contribution in [-0.2, 0) is 16.3 Å². The van der Waals surface area contributed by atoms with Crippen LogP contribution in [0.1, 0.15) is 53.8 Å². The summed E-state index contributed by atoms with van der Waals surface area (Å²) in [6, 6.07) is 12.8. The van der Waals surface area contributed by atoms with Gasteiger partial charge in [-0.05, 0) is 62.1 Å². The van der Waals surface area contributed by atoms with E-state index in [1.54, 1.807) is 29.1 Å². The van der Waals surface area contributed by atoms with E-state index >= 15 is 0 Å². The highest BCUT2D eigenvalue weighted by Crippen LogP contribution is 2.32. The number of fused-ring (bicyclic) bond motifs is 1. The summed E-state index contributed by atoms with van der Waals surface area (Å²) < 4.78 is 31.5. The van der Waals surface area contributed by atoms with Crippen LogP contribution in [0, 0.1) is 6.92 Å². The molecule has 1 aliphatic heterocycles. The number of carbonyl (C=O) groups excluding carboxylic acids is 1. The van der Waals surface area contributed by atoms with Gasteiger partial charge in [-0.2, -0.15) is 5.10 Å². The van der Waals surface area contributed by atoms with E-state index in [9.17, 15) is 13.2 Å². The molecule has 8 nitrogen and oxygen atoms in total. The molecule has 1 saturated heterocycles. The Morgan fingerprint density at radius 1 is 1.23 bits per heavy atom. The first-order valence-corrected chi connectivity index (χ1v) is 13.7. The normalized spacial score (nSPS) is 17.1. The number of carbonyl (C=O) groups is 1. The van der Waals surface area contributed by atoms with Crippen LogP contribution in [0.15, 0.2) is 53.1 Å². The van der Waals surface area contributed by atoms with Gasteiger partial charge in [0.1, 0.15) is 5.69 Å². The summed E-state index contributed by atoms with van der Waals surface area (Å²) in [5.74, 6) is 0.373. The lowest BCUT2D eigenvalue weighted by Crippen LogP contribution is -2.15. The first-order chi connectivity index (χ1) is 16.8. The number of amides is 1. The third-order valence-corrected chi connectivity index (χ3v) is 8.19. The Bertz CT molecular complexity index is 1470. The van der Waals surface area contributed by atoms with Crippen LogP contribution in [0.5, 0.6) is 0 Å². The lowest BCUT2D eigenvalue weighted by molar-refractivity contribution is 0.102. The van der Waals surface area contributed by atoms with E-state index in [-0.39, 0.29) is 23.5 Å². The zero-order valence-corrected chi connectivity index (χ0v) is 20.6. The van der Waals surface area contributed by atoms with Gasteiger partial charge in [-0.1, -0.05) is 25.5 Å². The van der Waals surface area contributed by atoms with Crippen molar-refractivity contribution in [2.24, 2.45) is 0 Å². The predicted octanol–water partition coefficient (Wildman–Crippen LogP) is 4.95. The summed E-state index contributed by atoms with van der Waals surface area (Å²) in [7, 11) is -3.12. The van der Waals surface area contributed by atoms with Crippen molar-refractivity contribution in [3.05, 3.63) is 65.5 Å². The van der Waals surface area contributed by atoms with Gasteiger partial charge < -0.3 is 9.73 Å². The fourth-order valence-electron chi connectivity index (χ4n) is 4.60. The molecule has 1 aliphatic rings. The van der Waals surface area contributed by atoms with Crippen LogP contribution in [0.4, 0.5) is 5.69 Å². The van der Waals surface area contributed by atoms with Crippen molar-refractivity contribution in [2.45, 2.75) is 45.6 Å². The van der Waals surface area contributed by atoms with E-state index in [1.165, 1.54) is 5.56 Å². The Morgan fingerprint density at radius 2 is 2.03 bits per heavy atom. The number of sulfone groups is 1. The van der Waals surface area contributed by atoms with Gasteiger partial charge in [0.25, 0.3) is 5.91 Å². The van der Waals surface area contributed by atoms with Crippen molar-refractivity contribution in [2.75, 3.05) is 16.8 Å². The lowest BCUT2D eigenvalue weighted by Gasteiger charge is -2.12. The maximum absolute atomic E-state index is 13.5. The van der Waals surface area contributed by atoms with Crippen LogP contribution in [-0.4, -0.2) is 40.6 Å². The topological polar surface area (TPSA) is 107 Å². The third-order valence-electron chi connectivity index (χ3n) is 6.44. The van der Waals surface area contributed by atoms with Gasteiger partial charge in [-0.25, -0.2) is 18.1 Å². The van der Waals surface area contributed by atoms with Crippen LogP contribution in [0.3, 0.4) is 0 Å². The number of benzene rings is 1. The van der Waals surface area contributed by atoms with E-state index < -0.39 is 9.84 Å². The van der Waals surface area contributed by atoms with Crippen LogP contribution >= 0.6 is 0 Å². The number of hydrogen-bond donors (Lipinski definition) is 1. The molecule has 1 atom stereocenters. The SMILES string of the molecule is CCCCc1ccc(NC(=O)c2cc(-c3ccco3)nc3c2c(C)nn3C2CCS(=O)(=O)C2)cc1. The summed E-state index contributed by atoms with van der Waals surface area (Å²) in [6.07, 6.45) is 5.29. The molecule has 5 rings (SSSR count).